The van der Waals surface area contributed by atoms with E-state index in [4.69, 9.17) is 10.5 Å². The molecule has 0 aliphatic heterocycles. The number of amidine groups is 1. The molecule has 0 aromatic heterocycles. The van der Waals surface area contributed by atoms with Crippen LogP contribution in [0.25, 0.3) is 0 Å². The third-order valence-electron chi connectivity index (χ3n) is 3.14. The highest BCUT2D eigenvalue weighted by Crippen LogP contribution is 2.26. The first-order valence-electron chi connectivity index (χ1n) is 6.92. The van der Waals surface area contributed by atoms with E-state index in [1.807, 2.05) is 30.0 Å². The van der Waals surface area contributed by atoms with E-state index in [-0.39, 0.29) is 12.5 Å². The molecule has 0 amide bonds. The van der Waals surface area contributed by atoms with Gasteiger partial charge in [0.2, 0.25) is 6.19 Å². The third kappa shape index (κ3) is 4.78. The van der Waals surface area contributed by atoms with Gasteiger partial charge in [-0.15, -0.1) is 0 Å². The first kappa shape index (κ1) is 16.5. The Balaban J connectivity index is 3.22. The fourth-order valence-electron chi connectivity index (χ4n) is 2.32. The number of hydrogen-bond donors (Lipinski definition) is 0. The molecule has 1 unspecified atom stereocenters. The number of hydrogen-bond acceptors (Lipinski definition) is 3. The van der Waals surface area contributed by atoms with Crippen LogP contribution in [0.3, 0.4) is 0 Å². The molecule has 4 heteroatoms. The molecule has 0 spiro atoms. The summed E-state index contributed by atoms with van der Waals surface area (Å²) in [5.74, 6) is 0.499. The molecule has 1 aromatic rings. The third-order valence-corrected chi connectivity index (χ3v) is 3.14. The second kappa shape index (κ2) is 8.55. The van der Waals surface area contributed by atoms with Crippen molar-refractivity contribution in [2.24, 2.45) is 4.99 Å². The number of aliphatic imine (C=N–C) groups is 1. The molecule has 0 saturated carbocycles. The Morgan fingerprint density at radius 3 is 2.48 bits per heavy atom. The van der Waals surface area contributed by atoms with Gasteiger partial charge in [0.05, 0.1) is 18.5 Å². The van der Waals surface area contributed by atoms with Gasteiger partial charge >= 0.3 is 0 Å². The molecule has 108 valence electrons. The Morgan fingerprint density at radius 1 is 1.33 bits per heavy atom. The van der Waals surface area contributed by atoms with E-state index < -0.39 is 0 Å². The summed E-state index contributed by atoms with van der Waals surface area (Å²) in [5, 5.41) is 17.9. The molecule has 0 aliphatic rings. The van der Waals surface area contributed by atoms with Crippen LogP contribution in [0.15, 0.2) is 47.5 Å². The lowest BCUT2D eigenvalue weighted by Gasteiger charge is -2.33. The SMILES string of the molecule is C=C(C)CN(C(CC#N)=NC#N)C(CC)c1ccccc1. The minimum Gasteiger partial charge on any atom is -0.347 e. The Labute approximate surface area is 126 Å². The predicted octanol–water partition coefficient (Wildman–Crippen LogP) is 3.81. The quantitative estimate of drug-likeness (QED) is 0.344. The van der Waals surface area contributed by atoms with Gasteiger partial charge in [-0.3, -0.25) is 0 Å². The summed E-state index contributed by atoms with van der Waals surface area (Å²) in [5.41, 5.74) is 2.11. The lowest BCUT2D eigenvalue weighted by molar-refractivity contribution is 0.326. The molecular formula is C17H20N4. The van der Waals surface area contributed by atoms with Crippen molar-refractivity contribution in [1.29, 1.82) is 10.5 Å². The average molecular weight is 280 g/mol. The van der Waals surface area contributed by atoms with Crippen LogP contribution in [-0.2, 0) is 0 Å². The van der Waals surface area contributed by atoms with Gasteiger partial charge in [0.1, 0.15) is 5.84 Å². The highest BCUT2D eigenvalue weighted by molar-refractivity contribution is 5.85. The van der Waals surface area contributed by atoms with Gasteiger partial charge in [0.25, 0.3) is 0 Å². The smallest absolute Gasteiger partial charge is 0.207 e. The molecule has 0 bridgehead atoms. The fraction of sp³-hybridized carbons (Fsp3) is 0.353. The molecule has 0 radical (unpaired) electrons. The van der Waals surface area contributed by atoms with Gasteiger partial charge in [-0.05, 0) is 18.9 Å². The maximum atomic E-state index is 8.98. The normalized spacial score (nSPS) is 12.1. The minimum absolute atomic E-state index is 0.0725. The Bertz CT molecular complexity index is 575. The van der Waals surface area contributed by atoms with Gasteiger partial charge < -0.3 is 4.90 Å². The van der Waals surface area contributed by atoms with Crippen molar-refractivity contribution in [2.75, 3.05) is 6.54 Å². The number of nitriles is 2. The van der Waals surface area contributed by atoms with Crippen molar-refractivity contribution in [3.63, 3.8) is 0 Å². The van der Waals surface area contributed by atoms with Crippen LogP contribution < -0.4 is 0 Å². The van der Waals surface area contributed by atoms with Gasteiger partial charge in [0.15, 0.2) is 0 Å². The van der Waals surface area contributed by atoms with E-state index in [1.54, 1.807) is 6.19 Å². The highest BCUT2D eigenvalue weighted by Gasteiger charge is 2.22. The summed E-state index contributed by atoms with van der Waals surface area (Å²) < 4.78 is 0. The van der Waals surface area contributed by atoms with Gasteiger partial charge in [0, 0.05) is 6.54 Å². The zero-order valence-electron chi connectivity index (χ0n) is 12.6. The molecule has 1 atom stereocenters. The van der Waals surface area contributed by atoms with E-state index in [1.165, 1.54) is 0 Å². The van der Waals surface area contributed by atoms with Gasteiger partial charge in [-0.2, -0.15) is 15.5 Å². The van der Waals surface area contributed by atoms with Crippen LogP contribution in [-0.4, -0.2) is 17.3 Å². The Morgan fingerprint density at radius 2 is 2.00 bits per heavy atom. The number of benzene rings is 1. The van der Waals surface area contributed by atoms with E-state index in [9.17, 15) is 0 Å². The molecular weight excluding hydrogens is 260 g/mol. The van der Waals surface area contributed by atoms with Gasteiger partial charge in [-0.1, -0.05) is 49.4 Å². The Hall–Kier alpha value is -2.59. The predicted molar refractivity (Wildman–Crippen MR) is 84.3 cm³/mol. The standard InChI is InChI=1S/C17H20N4/c1-4-16(15-8-6-5-7-9-15)21(12-14(2)3)17(10-11-18)20-13-19/h5-9,16H,2,4,10,12H2,1,3H3. The second-order valence-corrected chi connectivity index (χ2v) is 4.88. The monoisotopic (exact) mass is 280 g/mol. The minimum atomic E-state index is 0.0725. The molecule has 0 saturated heterocycles. The summed E-state index contributed by atoms with van der Waals surface area (Å²) in [6, 6.07) is 12.2. The molecule has 0 aliphatic carbocycles. The zero-order chi connectivity index (χ0) is 15.7. The number of rotatable bonds is 6. The maximum Gasteiger partial charge on any atom is 0.207 e. The fourth-order valence-corrected chi connectivity index (χ4v) is 2.32. The summed E-state index contributed by atoms with van der Waals surface area (Å²) in [6.07, 6.45) is 2.77. The molecule has 0 fully saturated rings. The van der Waals surface area contributed by atoms with Crippen LogP contribution >= 0.6 is 0 Å². The lowest BCUT2D eigenvalue weighted by atomic mass is 10.0. The van der Waals surface area contributed by atoms with Gasteiger partial charge in [-0.25, -0.2) is 0 Å². The van der Waals surface area contributed by atoms with Crippen molar-refractivity contribution >= 4 is 5.84 Å². The summed E-state index contributed by atoms with van der Waals surface area (Å²) >= 11 is 0. The molecule has 1 rings (SSSR count). The van der Waals surface area contributed by atoms with E-state index >= 15 is 0 Å². The van der Waals surface area contributed by atoms with Crippen molar-refractivity contribution in [1.82, 2.24) is 4.90 Å². The molecule has 4 nitrogen and oxygen atoms in total. The Kier molecular flexibility index (Phi) is 6.71. The summed E-state index contributed by atoms with van der Waals surface area (Å²) in [6.45, 7) is 8.54. The zero-order valence-corrected chi connectivity index (χ0v) is 12.6. The van der Waals surface area contributed by atoms with E-state index in [0.717, 1.165) is 17.6 Å². The lowest BCUT2D eigenvalue weighted by Crippen LogP contribution is -2.35. The van der Waals surface area contributed by atoms with Crippen LogP contribution in [0.2, 0.25) is 0 Å². The van der Waals surface area contributed by atoms with Crippen LogP contribution in [0.4, 0.5) is 0 Å². The first-order valence-corrected chi connectivity index (χ1v) is 6.92. The van der Waals surface area contributed by atoms with Crippen molar-refractivity contribution in [3.05, 3.63) is 48.0 Å². The largest absolute Gasteiger partial charge is 0.347 e. The molecule has 1 aromatic carbocycles. The van der Waals surface area contributed by atoms with Crippen molar-refractivity contribution in [3.8, 4) is 12.3 Å². The van der Waals surface area contributed by atoms with E-state index in [2.05, 4.69) is 36.7 Å². The van der Waals surface area contributed by atoms with Crippen LogP contribution in [0.5, 0.6) is 0 Å². The second-order valence-electron chi connectivity index (χ2n) is 4.88. The van der Waals surface area contributed by atoms with Crippen molar-refractivity contribution in [2.45, 2.75) is 32.7 Å². The van der Waals surface area contributed by atoms with Crippen molar-refractivity contribution < 1.29 is 0 Å². The topological polar surface area (TPSA) is 63.2 Å². The first-order chi connectivity index (χ1) is 10.1. The average Bonchev–Trinajstić information content (AvgIpc) is 2.47. The highest BCUT2D eigenvalue weighted by atomic mass is 15.2. The van der Waals surface area contributed by atoms with E-state index in [0.29, 0.717) is 12.4 Å². The molecule has 0 N–H and O–H groups in total. The van der Waals surface area contributed by atoms with Crippen LogP contribution in [0.1, 0.15) is 38.3 Å². The maximum absolute atomic E-state index is 8.98. The molecule has 0 heterocycles. The summed E-state index contributed by atoms with van der Waals surface area (Å²) in [4.78, 5) is 5.85. The summed E-state index contributed by atoms with van der Waals surface area (Å²) in [7, 11) is 0. The van der Waals surface area contributed by atoms with Crippen LogP contribution in [0, 0.1) is 22.8 Å². The molecule has 21 heavy (non-hydrogen) atoms. The number of nitrogens with zero attached hydrogens (tertiary/aromatic N) is 4.